The van der Waals surface area contributed by atoms with E-state index in [-0.39, 0.29) is 5.60 Å². The molecule has 1 aliphatic rings. The van der Waals surface area contributed by atoms with Crippen molar-refractivity contribution < 1.29 is 19.0 Å². The van der Waals surface area contributed by atoms with Gasteiger partial charge in [-0.1, -0.05) is 12.1 Å². The Bertz CT molecular complexity index is 734. The molecule has 1 aliphatic heterocycles. The second kappa shape index (κ2) is 5.95. The Morgan fingerprint density at radius 2 is 1.96 bits per heavy atom. The van der Waals surface area contributed by atoms with Gasteiger partial charge in [-0.15, -0.1) is 0 Å². The van der Waals surface area contributed by atoms with Crippen molar-refractivity contribution in [2.45, 2.75) is 32.3 Å². The number of fused-ring (bicyclic) bond motifs is 1. The largest absolute Gasteiger partial charge is 0.496 e. The zero-order valence-electron chi connectivity index (χ0n) is 13.6. The fraction of sp³-hybridized carbons (Fsp3) is 0.316. The van der Waals surface area contributed by atoms with Crippen LogP contribution < -0.4 is 14.2 Å². The minimum atomic E-state index is -0.431. The van der Waals surface area contributed by atoms with Gasteiger partial charge in [-0.2, -0.15) is 0 Å². The number of rotatable bonds is 3. The van der Waals surface area contributed by atoms with Gasteiger partial charge in [0.25, 0.3) is 0 Å². The summed E-state index contributed by atoms with van der Waals surface area (Å²) >= 11 is 0. The summed E-state index contributed by atoms with van der Waals surface area (Å²) in [6, 6.07) is 12.5. The normalized spacial score (nSPS) is 15.3. The van der Waals surface area contributed by atoms with Crippen LogP contribution in [0, 0.1) is 0 Å². The molecule has 0 N–H and O–H groups in total. The standard InChI is InChI=1S/C19H20O4/c1-19(2)11-10-13-12-14(8-9-16(13)23-19)22-18(20)15-6-4-5-7-17(15)21-3/h4-9,12H,10-11H2,1-3H3. The van der Waals surface area contributed by atoms with E-state index < -0.39 is 5.97 Å². The molecule has 0 amide bonds. The highest BCUT2D eigenvalue weighted by Crippen LogP contribution is 2.35. The van der Waals surface area contributed by atoms with Crippen molar-refractivity contribution in [3.63, 3.8) is 0 Å². The number of methoxy groups -OCH3 is 1. The minimum absolute atomic E-state index is 0.150. The lowest BCUT2D eigenvalue weighted by Crippen LogP contribution is -2.32. The van der Waals surface area contributed by atoms with Crippen molar-refractivity contribution in [3.8, 4) is 17.2 Å². The van der Waals surface area contributed by atoms with E-state index in [9.17, 15) is 4.79 Å². The predicted octanol–water partition coefficient (Wildman–Crippen LogP) is 4.02. The van der Waals surface area contributed by atoms with E-state index in [1.54, 1.807) is 24.3 Å². The van der Waals surface area contributed by atoms with Crippen molar-refractivity contribution in [1.82, 2.24) is 0 Å². The maximum absolute atomic E-state index is 12.3. The maximum Gasteiger partial charge on any atom is 0.347 e. The molecule has 0 bridgehead atoms. The number of carbonyl (C=O) groups is 1. The molecule has 0 aliphatic carbocycles. The second-order valence-electron chi connectivity index (χ2n) is 6.22. The highest BCUT2D eigenvalue weighted by atomic mass is 16.5. The first-order valence-corrected chi connectivity index (χ1v) is 7.66. The van der Waals surface area contributed by atoms with E-state index in [4.69, 9.17) is 14.2 Å². The topological polar surface area (TPSA) is 44.8 Å². The molecule has 2 aromatic rings. The van der Waals surface area contributed by atoms with Gasteiger partial charge in [0.2, 0.25) is 0 Å². The summed E-state index contributed by atoms with van der Waals surface area (Å²) in [4.78, 5) is 12.3. The number of benzene rings is 2. The second-order valence-corrected chi connectivity index (χ2v) is 6.22. The van der Waals surface area contributed by atoms with Crippen LogP contribution in [0.25, 0.3) is 0 Å². The quantitative estimate of drug-likeness (QED) is 0.634. The molecule has 0 unspecified atom stereocenters. The first kappa shape index (κ1) is 15.4. The predicted molar refractivity (Wildman–Crippen MR) is 87.4 cm³/mol. The summed E-state index contributed by atoms with van der Waals surface area (Å²) < 4.78 is 16.6. The first-order valence-electron chi connectivity index (χ1n) is 7.66. The lowest BCUT2D eigenvalue weighted by molar-refractivity contribution is 0.0724. The number of esters is 1. The van der Waals surface area contributed by atoms with Crippen molar-refractivity contribution in [2.75, 3.05) is 7.11 Å². The molecule has 0 radical (unpaired) electrons. The molecular weight excluding hydrogens is 292 g/mol. The molecule has 23 heavy (non-hydrogen) atoms. The smallest absolute Gasteiger partial charge is 0.347 e. The van der Waals surface area contributed by atoms with Crippen molar-refractivity contribution >= 4 is 5.97 Å². The van der Waals surface area contributed by atoms with Crippen LogP contribution in [-0.2, 0) is 6.42 Å². The molecule has 120 valence electrons. The average molecular weight is 312 g/mol. The Morgan fingerprint density at radius 3 is 2.74 bits per heavy atom. The lowest BCUT2D eigenvalue weighted by atomic mass is 9.94. The Hall–Kier alpha value is -2.49. The average Bonchev–Trinajstić information content (AvgIpc) is 2.54. The molecule has 3 rings (SSSR count). The Balaban J connectivity index is 1.80. The Kier molecular flexibility index (Phi) is 3.99. The van der Waals surface area contributed by atoms with Gasteiger partial charge in [0, 0.05) is 0 Å². The van der Waals surface area contributed by atoms with Crippen LogP contribution in [0.1, 0.15) is 36.2 Å². The van der Waals surface area contributed by atoms with Crippen LogP contribution in [0.2, 0.25) is 0 Å². The molecule has 0 saturated heterocycles. The van der Waals surface area contributed by atoms with E-state index in [0.717, 1.165) is 24.2 Å². The monoisotopic (exact) mass is 312 g/mol. The molecular formula is C19H20O4. The van der Waals surface area contributed by atoms with Gasteiger partial charge in [0.05, 0.1) is 7.11 Å². The lowest BCUT2D eigenvalue weighted by Gasteiger charge is -2.32. The zero-order chi connectivity index (χ0) is 16.4. The Labute approximate surface area is 136 Å². The van der Waals surface area contributed by atoms with Gasteiger partial charge in [0.1, 0.15) is 28.4 Å². The highest BCUT2D eigenvalue weighted by Gasteiger charge is 2.27. The first-order chi connectivity index (χ1) is 11.0. The van der Waals surface area contributed by atoms with Crippen molar-refractivity contribution in [2.24, 2.45) is 0 Å². The van der Waals surface area contributed by atoms with Crippen LogP contribution in [0.15, 0.2) is 42.5 Å². The number of carbonyl (C=O) groups excluding carboxylic acids is 1. The summed E-state index contributed by atoms with van der Waals surface area (Å²) in [5.74, 6) is 1.45. The molecule has 0 aromatic heterocycles. The van der Waals surface area contributed by atoms with E-state index >= 15 is 0 Å². The number of hydrogen-bond donors (Lipinski definition) is 0. The van der Waals surface area contributed by atoms with Gasteiger partial charge < -0.3 is 14.2 Å². The summed E-state index contributed by atoms with van der Waals surface area (Å²) in [7, 11) is 1.53. The molecule has 4 heteroatoms. The van der Waals surface area contributed by atoms with Gasteiger partial charge in [-0.3, -0.25) is 0 Å². The van der Waals surface area contributed by atoms with Crippen molar-refractivity contribution in [3.05, 3.63) is 53.6 Å². The number of aryl methyl sites for hydroxylation is 1. The van der Waals surface area contributed by atoms with E-state index in [1.807, 2.05) is 18.2 Å². The van der Waals surface area contributed by atoms with Crippen LogP contribution >= 0.6 is 0 Å². The third-order valence-corrected chi connectivity index (χ3v) is 3.95. The molecule has 2 aromatic carbocycles. The summed E-state index contributed by atoms with van der Waals surface area (Å²) in [6.45, 7) is 4.15. The van der Waals surface area contributed by atoms with Crippen LogP contribution in [0.3, 0.4) is 0 Å². The number of ether oxygens (including phenoxy) is 3. The Morgan fingerprint density at radius 1 is 1.17 bits per heavy atom. The summed E-state index contributed by atoms with van der Waals surface area (Å²) in [6.07, 6.45) is 1.84. The molecule has 0 spiro atoms. The van der Waals surface area contributed by atoms with Crippen LogP contribution in [-0.4, -0.2) is 18.7 Å². The summed E-state index contributed by atoms with van der Waals surface area (Å²) in [5, 5.41) is 0. The minimum Gasteiger partial charge on any atom is -0.496 e. The van der Waals surface area contributed by atoms with E-state index in [2.05, 4.69) is 13.8 Å². The fourth-order valence-electron chi connectivity index (χ4n) is 2.67. The fourth-order valence-corrected chi connectivity index (χ4v) is 2.67. The van der Waals surface area contributed by atoms with Gasteiger partial charge in [0.15, 0.2) is 0 Å². The third kappa shape index (κ3) is 3.31. The molecule has 1 heterocycles. The molecule has 0 saturated carbocycles. The van der Waals surface area contributed by atoms with E-state index in [0.29, 0.717) is 17.1 Å². The van der Waals surface area contributed by atoms with Gasteiger partial charge in [-0.25, -0.2) is 4.79 Å². The molecule has 0 fully saturated rings. The highest BCUT2D eigenvalue weighted by molar-refractivity contribution is 5.94. The SMILES string of the molecule is COc1ccccc1C(=O)Oc1ccc2c(c1)CCC(C)(C)O2. The van der Waals surface area contributed by atoms with Gasteiger partial charge >= 0.3 is 5.97 Å². The van der Waals surface area contributed by atoms with Crippen LogP contribution in [0.5, 0.6) is 17.2 Å². The number of hydrogen-bond acceptors (Lipinski definition) is 4. The maximum atomic E-state index is 12.3. The summed E-state index contributed by atoms with van der Waals surface area (Å²) in [5.41, 5.74) is 1.32. The zero-order valence-corrected chi connectivity index (χ0v) is 13.6. The molecule has 4 nitrogen and oxygen atoms in total. The number of para-hydroxylation sites is 1. The van der Waals surface area contributed by atoms with Crippen molar-refractivity contribution in [1.29, 1.82) is 0 Å². The molecule has 0 atom stereocenters. The van der Waals surface area contributed by atoms with E-state index in [1.165, 1.54) is 7.11 Å². The van der Waals surface area contributed by atoms with Gasteiger partial charge in [-0.05, 0) is 62.6 Å². The third-order valence-electron chi connectivity index (χ3n) is 3.95. The van der Waals surface area contributed by atoms with Crippen LogP contribution in [0.4, 0.5) is 0 Å².